The number of carbonyl (C=O) groups excluding carboxylic acids is 3. The van der Waals surface area contributed by atoms with Gasteiger partial charge in [-0.1, -0.05) is 72.3 Å². The molecule has 0 aliphatic carbocycles. The van der Waals surface area contributed by atoms with Gasteiger partial charge in [-0.05, 0) is 23.3 Å². The summed E-state index contributed by atoms with van der Waals surface area (Å²) in [6.07, 6.45) is 0.290. The van der Waals surface area contributed by atoms with Crippen LogP contribution in [0.15, 0.2) is 72.8 Å². The summed E-state index contributed by atoms with van der Waals surface area (Å²) in [5.74, 6) is -0.762. The Kier molecular flexibility index (Phi) is 5.22. The van der Waals surface area contributed by atoms with Crippen LogP contribution in [0, 0.1) is 0 Å². The second-order valence-corrected chi connectivity index (χ2v) is 8.50. The highest BCUT2D eigenvalue weighted by Crippen LogP contribution is 2.33. The summed E-state index contributed by atoms with van der Waals surface area (Å²) in [5, 5.41) is 2.86. The van der Waals surface area contributed by atoms with Crippen molar-refractivity contribution >= 4 is 40.7 Å². The van der Waals surface area contributed by atoms with Crippen molar-refractivity contribution in [3.8, 4) is 0 Å². The highest BCUT2D eigenvalue weighted by molar-refractivity contribution is 7.18. The van der Waals surface area contributed by atoms with Crippen molar-refractivity contribution in [1.29, 1.82) is 0 Å². The molecule has 146 valence electrons. The van der Waals surface area contributed by atoms with Crippen molar-refractivity contribution in [2.24, 2.45) is 0 Å². The van der Waals surface area contributed by atoms with Gasteiger partial charge in [-0.15, -0.1) is 11.3 Å². The van der Waals surface area contributed by atoms with E-state index < -0.39 is 17.5 Å². The molecule has 2 aromatic carbocycles. The van der Waals surface area contributed by atoms with Crippen molar-refractivity contribution in [1.82, 2.24) is 10.2 Å². The van der Waals surface area contributed by atoms with E-state index in [4.69, 9.17) is 11.6 Å². The first kappa shape index (κ1) is 19.4. The van der Waals surface area contributed by atoms with Crippen LogP contribution in [-0.4, -0.2) is 29.2 Å². The van der Waals surface area contributed by atoms with Crippen molar-refractivity contribution in [2.75, 3.05) is 6.54 Å². The van der Waals surface area contributed by atoms with Crippen LogP contribution in [0.2, 0.25) is 4.34 Å². The number of carbonyl (C=O) groups is 3. The number of halogens is 1. The number of Topliss-reactive ketones (excluding diaryl/α,β-unsaturated/α-hetero) is 1. The van der Waals surface area contributed by atoms with Gasteiger partial charge in [0, 0.05) is 6.42 Å². The SMILES string of the molecule is O=C(CN1C(=O)N[C@@](Cc2ccccc2)(c2ccccc2)C1=O)c1ccc(Cl)s1. The van der Waals surface area contributed by atoms with E-state index in [1.165, 1.54) is 0 Å². The standard InChI is InChI=1S/C22H17ClN2O3S/c23-19-12-11-18(29-19)17(26)14-25-20(27)22(24-21(25)28,16-9-5-2-6-10-16)13-15-7-3-1-4-8-15/h1-12H,13-14H2,(H,24,28)/t22-/m0/s1. The summed E-state index contributed by atoms with van der Waals surface area (Å²) in [6, 6.07) is 21.2. The molecule has 0 bridgehead atoms. The molecular formula is C22H17ClN2O3S. The van der Waals surface area contributed by atoms with Gasteiger partial charge >= 0.3 is 6.03 Å². The van der Waals surface area contributed by atoms with E-state index in [1.54, 1.807) is 12.1 Å². The molecule has 1 atom stereocenters. The number of hydrogen-bond donors (Lipinski definition) is 1. The zero-order chi connectivity index (χ0) is 20.4. The van der Waals surface area contributed by atoms with Gasteiger partial charge < -0.3 is 5.32 Å². The van der Waals surface area contributed by atoms with Crippen LogP contribution in [-0.2, 0) is 16.8 Å². The number of hydrogen-bond acceptors (Lipinski definition) is 4. The molecule has 1 fully saturated rings. The zero-order valence-electron chi connectivity index (χ0n) is 15.3. The number of amides is 3. The van der Waals surface area contributed by atoms with Gasteiger partial charge in [0.25, 0.3) is 5.91 Å². The third kappa shape index (κ3) is 3.69. The lowest BCUT2D eigenvalue weighted by Gasteiger charge is -2.27. The fourth-order valence-corrected chi connectivity index (χ4v) is 4.47. The van der Waals surface area contributed by atoms with Crippen LogP contribution in [0.5, 0.6) is 0 Å². The van der Waals surface area contributed by atoms with Gasteiger partial charge in [0.1, 0.15) is 0 Å². The van der Waals surface area contributed by atoms with E-state index in [2.05, 4.69) is 5.32 Å². The van der Waals surface area contributed by atoms with Crippen molar-refractivity contribution in [3.63, 3.8) is 0 Å². The van der Waals surface area contributed by atoms with Gasteiger partial charge in [-0.25, -0.2) is 4.79 Å². The number of rotatable bonds is 6. The number of nitrogens with zero attached hydrogens (tertiary/aromatic N) is 1. The highest BCUT2D eigenvalue weighted by atomic mass is 35.5. The van der Waals surface area contributed by atoms with Gasteiger partial charge in [0.05, 0.1) is 15.8 Å². The molecule has 1 N–H and O–H groups in total. The zero-order valence-corrected chi connectivity index (χ0v) is 16.9. The van der Waals surface area contributed by atoms with Gasteiger partial charge in [-0.3, -0.25) is 14.5 Å². The predicted octanol–water partition coefficient (Wildman–Crippen LogP) is 4.27. The van der Waals surface area contributed by atoms with Crippen molar-refractivity contribution in [2.45, 2.75) is 12.0 Å². The lowest BCUT2D eigenvalue weighted by molar-refractivity contribution is -0.131. The largest absolute Gasteiger partial charge is 0.325 e. The molecular weight excluding hydrogens is 408 g/mol. The minimum atomic E-state index is -1.26. The number of ketones is 1. The first-order valence-corrected chi connectivity index (χ1v) is 10.2. The second kappa shape index (κ2) is 7.81. The maximum Gasteiger partial charge on any atom is 0.325 e. The molecule has 3 aromatic rings. The maximum atomic E-state index is 13.5. The van der Waals surface area contributed by atoms with Gasteiger partial charge in [0.2, 0.25) is 0 Å². The third-order valence-electron chi connectivity index (χ3n) is 4.90. The Morgan fingerprint density at radius 3 is 2.24 bits per heavy atom. The van der Waals surface area contributed by atoms with E-state index >= 15 is 0 Å². The van der Waals surface area contributed by atoms with E-state index in [9.17, 15) is 14.4 Å². The molecule has 0 spiro atoms. The van der Waals surface area contributed by atoms with E-state index in [1.807, 2.05) is 60.7 Å². The Hall–Kier alpha value is -2.96. The Morgan fingerprint density at radius 2 is 1.62 bits per heavy atom. The normalized spacial score (nSPS) is 18.7. The van der Waals surface area contributed by atoms with Crippen LogP contribution < -0.4 is 5.32 Å². The number of nitrogens with one attached hydrogen (secondary N) is 1. The summed E-state index contributed by atoms with van der Waals surface area (Å²) in [5.41, 5.74) is 0.326. The van der Waals surface area contributed by atoms with Crippen molar-refractivity contribution in [3.05, 3.63) is 93.1 Å². The molecule has 0 radical (unpaired) electrons. The van der Waals surface area contributed by atoms with Crippen LogP contribution in [0.1, 0.15) is 20.8 Å². The van der Waals surface area contributed by atoms with Crippen molar-refractivity contribution < 1.29 is 14.4 Å². The highest BCUT2D eigenvalue weighted by Gasteiger charge is 2.52. The molecule has 1 aliphatic heterocycles. The monoisotopic (exact) mass is 424 g/mol. The molecule has 1 aliphatic rings. The quantitative estimate of drug-likeness (QED) is 0.474. The number of benzene rings is 2. The Bertz CT molecular complexity index is 1070. The number of imide groups is 1. The molecule has 0 saturated carbocycles. The fourth-order valence-electron chi connectivity index (χ4n) is 3.50. The molecule has 0 unspecified atom stereocenters. The fraction of sp³-hybridized carbons (Fsp3) is 0.136. The van der Waals surface area contributed by atoms with E-state index in [-0.39, 0.29) is 18.7 Å². The summed E-state index contributed by atoms with van der Waals surface area (Å²) in [7, 11) is 0. The third-order valence-corrected chi connectivity index (χ3v) is 6.18. The van der Waals surface area contributed by atoms with Gasteiger partial charge in [-0.2, -0.15) is 0 Å². The maximum absolute atomic E-state index is 13.5. The minimum Gasteiger partial charge on any atom is -0.319 e. The average molecular weight is 425 g/mol. The summed E-state index contributed by atoms with van der Waals surface area (Å²) >= 11 is 7.03. The van der Waals surface area contributed by atoms with E-state index in [0.29, 0.717) is 14.8 Å². The molecule has 5 nitrogen and oxygen atoms in total. The second-order valence-electron chi connectivity index (χ2n) is 6.78. The van der Waals surface area contributed by atoms with Gasteiger partial charge in [0.15, 0.2) is 11.3 Å². The summed E-state index contributed by atoms with van der Waals surface area (Å²) in [4.78, 5) is 40.2. The molecule has 7 heteroatoms. The number of thiophene rings is 1. The molecule has 3 amide bonds. The molecule has 2 heterocycles. The van der Waals surface area contributed by atoms with Crippen LogP contribution >= 0.6 is 22.9 Å². The first-order valence-electron chi connectivity index (χ1n) is 9.02. The number of urea groups is 1. The Labute approximate surface area is 176 Å². The molecule has 29 heavy (non-hydrogen) atoms. The predicted molar refractivity (Wildman–Crippen MR) is 112 cm³/mol. The first-order chi connectivity index (χ1) is 14.0. The minimum absolute atomic E-state index is 0.290. The van der Waals surface area contributed by atoms with Crippen LogP contribution in [0.3, 0.4) is 0 Å². The lowest BCUT2D eigenvalue weighted by atomic mass is 9.83. The summed E-state index contributed by atoms with van der Waals surface area (Å²) < 4.78 is 0.480. The average Bonchev–Trinajstić information content (AvgIpc) is 3.27. The molecule has 4 rings (SSSR count). The molecule has 1 aromatic heterocycles. The van der Waals surface area contributed by atoms with Crippen LogP contribution in [0.25, 0.3) is 0 Å². The van der Waals surface area contributed by atoms with E-state index in [0.717, 1.165) is 21.8 Å². The Balaban J connectivity index is 1.68. The smallest absolute Gasteiger partial charge is 0.319 e. The Morgan fingerprint density at radius 1 is 0.966 bits per heavy atom. The summed E-state index contributed by atoms with van der Waals surface area (Å²) in [6.45, 7) is -0.328. The van der Waals surface area contributed by atoms with Crippen LogP contribution in [0.4, 0.5) is 4.79 Å². The topological polar surface area (TPSA) is 66.5 Å². The lowest BCUT2D eigenvalue weighted by Crippen LogP contribution is -2.46. The molecule has 1 saturated heterocycles.